The van der Waals surface area contributed by atoms with E-state index in [1.807, 2.05) is 0 Å². The monoisotopic (exact) mass is 279 g/mol. The zero-order chi connectivity index (χ0) is 15.3. The van der Waals surface area contributed by atoms with Crippen LogP contribution in [0.4, 0.5) is 0 Å². The van der Waals surface area contributed by atoms with Crippen LogP contribution in [-0.2, 0) is 4.74 Å². The van der Waals surface area contributed by atoms with Crippen LogP contribution in [0.15, 0.2) is 12.1 Å². The number of hydrogen-bond acceptors (Lipinski definition) is 3. The fraction of sp³-hybridized carbons (Fsp3) is 0.647. The first-order valence-electron chi connectivity index (χ1n) is 7.31. The van der Waals surface area contributed by atoms with Gasteiger partial charge in [0.25, 0.3) is 0 Å². The van der Waals surface area contributed by atoms with Gasteiger partial charge in [-0.3, -0.25) is 0 Å². The highest BCUT2D eigenvalue weighted by molar-refractivity contribution is 5.46. The molecule has 0 aromatic heterocycles. The van der Waals surface area contributed by atoms with Crippen molar-refractivity contribution in [3.63, 3.8) is 0 Å². The molecule has 0 fully saturated rings. The van der Waals surface area contributed by atoms with Crippen LogP contribution in [0.5, 0.6) is 5.75 Å². The maximum absolute atomic E-state index is 5.72. The molecule has 114 valence electrons. The van der Waals surface area contributed by atoms with Crippen LogP contribution >= 0.6 is 0 Å². The molecule has 1 aromatic rings. The maximum atomic E-state index is 5.72. The molecule has 1 aromatic carbocycles. The zero-order valence-corrected chi connectivity index (χ0v) is 14.0. The van der Waals surface area contributed by atoms with E-state index < -0.39 is 0 Å². The van der Waals surface area contributed by atoms with E-state index in [0.717, 1.165) is 18.7 Å². The number of ether oxygens (including phenoxy) is 2. The number of hydrogen-bond donors (Lipinski definition) is 1. The zero-order valence-electron chi connectivity index (χ0n) is 14.0. The highest BCUT2D eigenvalue weighted by Gasteiger charge is 2.33. The summed E-state index contributed by atoms with van der Waals surface area (Å²) in [5, 5.41) is 3.61. The van der Waals surface area contributed by atoms with Crippen molar-refractivity contribution in [3.05, 3.63) is 28.8 Å². The molecular formula is C17H29NO2. The van der Waals surface area contributed by atoms with Crippen LogP contribution in [0.25, 0.3) is 0 Å². The van der Waals surface area contributed by atoms with Gasteiger partial charge < -0.3 is 14.8 Å². The van der Waals surface area contributed by atoms with Gasteiger partial charge in [-0.05, 0) is 57.9 Å². The van der Waals surface area contributed by atoms with Gasteiger partial charge in [-0.1, -0.05) is 13.0 Å². The van der Waals surface area contributed by atoms with E-state index >= 15 is 0 Å². The van der Waals surface area contributed by atoms with Gasteiger partial charge in [0.05, 0.1) is 18.8 Å². The van der Waals surface area contributed by atoms with Gasteiger partial charge >= 0.3 is 0 Å². The van der Waals surface area contributed by atoms with Gasteiger partial charge in [0.15, 0.2) is 0 Å². The largest absolute Gasteiger partial charge is 0.496 e. The highest BCUT2D eigenvalue weighted by atomic mass is 16.5. The molecule has 3 heteroatoms. The number of benzene rings is 1. The molecule has 0 heterocycles. The van der Waals surface area contributed by atoms with E-state index in [1.165, 1.54) is 16.7 Å². The molecule has 3 nitrogen and oxygen atoms in total. The minimum Gasteiger partial charge on any atom is -0.496 e. The Balaban J connectivity index is 3.33. The predicted molar refractivity (Wildman–Crippen MR) is 84.6 cm³/mol. The van der Waals surface area contributed by atoms with Crippen molar-refractivity contribution < 1.29 is 9.47 Å². The molecule has 0 bridgehead atoms. The normalized spacial score (nSPS) is 13.3. The van der Waals surface area contributed by atoms with Gasteiger partial charge in [-0.15, -0.1) is 0 Å². The van der Waals surface area contributed by atoms with Gasteiger partial charge in [0, 0.05) is 12.7 Å². The minimum atomic E-state index is -0.303. The number of rotatable bonds is 7. The van der Waals surface area contributed by atoms with Crippen molar-refractivity contribution in [2.24, 2.45) is 0 Å². The van der Waals surface area contributed by atoms with E-state index in [-0.39, 0.29) is 11.6 Å². The summed E-state index contributed by atoms with van der Waals surface area (Å²) in [6, 6.07) is 4.39. The van der Waals surface area contributed by atoms with Crippen molar-refractivity contribution in [3.8, 4) is 5.75 Å². The third-order valence-corrected chi connectivity index (χ3v) is 3.82. The lowest BCUT2D eigenvalue weighted by molar-refractivity contribution is -0.0118. The summed E-state index contributed by atoms with van der Waals surface area (Å²) in [5.74, 6) is 0.932. The van der Waals surface area contributed by atoms with Gasteiger partial charge in [0.2, 0.25) is 0 Å². The predicted octanol–water partition coefficient (Wildman–Crippen LogP) is 3.78. The molecule has 0 aliphatic carbocycles. The SMILES string of the molecule is CCCNC(c1c(C)cc(C)cc1OC)C(C)(C)OC. The topological polar surface area (TPSA) is 30.5 Å². The molecule has 0 radical (unpaired) electrons. The quantitative estimate of drug-likeness (QED) is 0.824. The van der Waals surface area contributed by atoms with Gasteiger partial charge in [-0.2, -0.15) is 0 Å². The first kappa shape index (κ1) is 17.0. The van der Waals surface area contributed by atoms with Crippen LogP contribution in [-0.4, -0.2) is 26.4 Å². The first-order valence-corrected chi connectivity index (χ1v) is 7.31. The van der Waals surface area contributed by atoms with E-state index in [4.69, 9.17) is 9.47 Å². The number of nitrogens with one attached hydrogen (secondary N) is 1. The van der Waals surface area contributed by atoms with Crippen molar-refractivity contribution in [1.82, 2.24) is 5.32 Å². The summed E-state index contributed by atoms with van der Waals surface area (Å²) < 4.78 is 11.3. The summed E-state index contributed by atoms with van der Waals surface area (Å²) in [7, 11) is 3.49. The van der Waals surface area contributed by atoms with Crippen LogP contribution < -0.4 is 10.1 Å². The summed E-state index contributed by atoms with van der Waals surface area (Å²) >= 11 is 0. The lowest BCUT2D eigenvalue weighted by Crippen LogP contribution is -2.41. The van der Waals surface area contributed by atoms with Crippen molar-refractivity contribution >= 4 is 0 Å². The summed E-state index contributed by atoms with van der Waals surface area (Å²) in [4.78, 5) is 0. The molecule has 1 N–H and O–H groups in total. The second kappa shape index (κ2) is 7.09. The molecule has 0 saturated heterocycles. The molecule has 0 spiro atoms. The Morgan fingerprint density at radius 2 is 1.85 bits per heavy atom. The third kappa shape index (κ3) is 3.74. The maximum Gasteiger partial charge on any atom is 0.124 e. The fourth-order valence-electron chi connectivity index (χ4n) is 2.58. The lowest BCUT2D eigenvalue weighted by Gasteiger charge is -2.36. The Kier molecular flexibility index (Phi) is 6.03. The molecule has 20 heavy (non-hydrogen) atoms. The molecule has 0 amide bonds. The Morgan fingerprint density at radius 3 is 2.35 bits per heavy atom. The van der Waals surface area contributed by atoms with E-state index in [1.54, 1.807) is 14.2 Å². The molecule has 0 aliphatic heterocycles. The Bertz CT molecular complexity index is 441. The average molecular weight is 279 g/mol. The summed E-state index contributed by atoms with van der Waals surface area (Å²) in [6.45, 7) is 11.6. The van der Waals surface area contributed by atoms with Crippen LogP contribution in [0, 0.1) is 13.8 Å². The standard InChI is InChI=1S/C17H29NO2/c1-8-9-18-16(17(4,5)20-7)15-13(3)10-12(2)11-14(15)19-6/h10-11,16,18H,8-9H2,1-7H3. The third-order valence-electron chi connectivity index (χ3n) is 3.82. The second-order valence-corrected chi connectivity index (χ2v) is 5.89. The summed E-state index contributed by atoms with van der Waals surface area (Å²) in [5.41, 5.74) is 3.34. The van der Waals surface area contributed by atoms with Crippen LogP contribution in [0.1, 0.15) is 49.9 Å². The smallest absolute Gasteiger partial charge is 0.124 e. The van der Waals surface area contributed by atoms with Gasteiger partial charge in [-0.25, -0.2) is 0 Å². The van der Waals surface area contributed by atoms with Crippen molar-refractivity contribution in [2.45, 2.75) is 52.7 Å². The van der Waals surface area contributed by atoms with Crippen LogP contribution in [0.3, 0.4) is 0 Å². The fourth-order valence-corrected chi connectivity index (χ4v) is 2.58. The Labute approximate surface area is 123 Å². The van der Waals surface area contributed by atoms with Gasteiger partial charge in [0.1, 0.15) is 5.75 Å². The van der Waals surface area contributed by atoms with Crippen molar-refractivity contribution in [2.75, 3.05) is 20.8 Å². The average Bonchev–Trinajstić information content (AvgIpc) is 2.40. The molecule has 1 atom stereocenters. The minimum absolute atomic E-state index is 0.1000. The van der Waals surface area contributed by atoms with E-state index in [0.29, 0.717) is 0 Å². The Morgan fingerprint density at radius 1 is 1.20 bits per heavy atom. The number of aryl methyl sites for hydroxylation is 2. The molecule has 1 unspecified atom stereocenters. The highest BCUT2D eigenvalue weighted by Crippen LogP contribution is 2.37. The molecule has 0 aliphatic rings. The molecule has 1 rings (SSSR count). The lowest BCUT2D eigenvalue weighted by atomic mass is 9.87. The second-order valence-electron chi connectivity index (χ2n) is 5.89. The number of methoxy groups -OCH3 is 2. The van der Waals surface area contributed by atoms with Crippen LogP contribution in [0.2, 0.25) is 0 Å². The van der Waals surface area contributed by atoms with E-state index in [2.05, 4.69) is 52.1 Å². The molecular weight excluding hydrogens is 250 g/mol. The van der Waals surface area contributed by atoms with E-state index in [9.17, 15) is 0 Å². The summed E-state index contributed by atoms with van der Waals surface area (Å²) in [6.07, 6.45) is 1.09. The van der Waals surface area contributed by atoms with Crippen molar-refractivity contribution in [1.29, 1.82) is 0 Å². The molecule has 0 saturated carbocycles. The first-order chi connectivity index (χ1) is 9.37. The Hall–Kier alpha value is -1.06.